The molecule has 0 amide bonds. The zero-order valence-electron chi connectivity index (χ0n) is 10.5. The van der Waals surface area contributed by atoms with Crippen molar-refractivity contribution < 1.29 is 9.13 Å². The molecule has 2 aromatic rings. The first-order chi connectivity index (χ1) is 9.20. The molecule has 1 N–H and O–H groups in total. The first-order valence-corrected chi connectivity index (χ1v) is 6.12. The van der Waals surface area contributed by atoms with Gasteiger partial charge in [-0.3, -0.25) is 4.68 Å². The van der Waals surface area contributed by atoms with Gasteiger partial charge in [-0.15, -0.1) is 5.10 Å². The van der Waals surface area contributed by atoms with E-state index >= 15 is 0 Å². The fourth-order valence-corrected chi connectivity index (χ4v) is 1.68. The van der Waals surface area contributed by atoms with E-state index in [1.807, 2.05) is 0 Å². The van der Waals surface area contributed by atoms with Crippen molar-refractivity contribution in [2.45, 2.75) is 25.4 Å². The number of halogens is 1. The van der Waals surface area contributed by atoms with Gasteiger partial charge in [0.05, 0.1) is 6.20 Å². The summed E-state index contributed by atoms with van der Waals surface area (Å²) in [6.45, 7) is 0.525. The van der Waals surface area contributed by atoms with Crippen molar-refractivity contribution in [3.05, 3.63) is 30.0 Å². The van der Waals surface area contributed by atoms with Crippen LogP contribution in [-0.2, 0) is 13.6 Å². The van der Waals surface area contributed by atoms with Crippen LogP contribution in [0.15, 0.2) is 18.6 Å². The van der Waals surface area contributed by atoms with Crippen molar-refractivity contribution >= 4 is 0 Å². The Morgan fingerprint density at radius 2 is 2.32 bits per heavy atom. The standard InChI is InChI=1S/C12H14FN5O/c1-18-7-16-12(17-18)19-11-8(4-9(13)6-15-11)5-14-10-2-3-10/h4,6-7,10,14H,2-3,5H2,1H3. The summed E-state index contributed by atoms with van der Waals surface area (Å²) in [4.78, 5) is 7.91. The number of ether oxygens (including phenoxy) is 1. The Balaban J connectivity index is 1.77. The minimum atomic E-state index is -0.381. The summed E-state index contributed by atoms with van der Waals surface area (Å²) in [6, 6.07) is 2.15. The maximum atomic E-state index is 13.2. The summed E-state index contributed by atoms with van der Waals surface area (Å²) < 4.78 is 20.3. The van der Waals surface area contributed by atoms with Crippen LogP contribution in [0.25, 0.3) is 0 Å². The second kappa shape index (κ2) is 4.93. The summed E-state index contributed by atoms with van der Waals surface area (Å²) in [5.41, 5.74) is 0.666. The third-order valence-electron chi connectivity index (χ3n) is 2.82. The third kappa shape index (κ3) is 3.05. The average molecular weight is 263 g/mol. The molecular formula is C12H14FN5O. The number of pyridine rings is 1. The average Bonchev–Trinajstić information content (AvgIpc) is 3.13. The molecule has 0 aliphatic heterocycles. The van der Waals surface area contributed by atoms with Crippen LogP contribution in [-0.4, -0.2) is 25.8 Å². The molecule has 100 valence electrons. The van der Waals surface area contributed by atoms with Gasteiger partial charge < -0.3 is 10.1 Å². The first kappa shape index (κ1) is 12.0. The minimum absolute atomic E-state index is 0.203. The van der Waals surface area contributed by atoms with Crippen molar-refractivity contribution in [2.75, 3.05) is 0 Å². The van der Waals surface area contributed by atoms with Crippen LogP contribution in [0.4, 0.5) is 4.39 Å². The predicted octanol–water partition coefficient (Wildman–Crippen LogP) is 1.39. The number of hydrogen-bond donors (Lipinski definition) is 1. The molecule has 0 bridgehead atoms. The van der Waals surface area contributed by atoms with E-state index in [0.717, 1.165) is 6.20 Å². The Hall–Kier alpha value is -2.02. The molecule has 6 nitrogen and oxygen atoms in total. The zero-order chi connectivity index (χ0) is 13.2. The number of aryl methyl sites for hydroxylation is 1. The van der Waals surface area contributed by atoms with E-state index in [1.54, 1.807) is 7.05 Å². The van der Waals surface area contributed by atoms with Crippen LogP contribution >= 0.6 is 0 Å². The summed E-state index contributed by atoms with van der Waals surface area (Å²) in [5, 5.41) is 7.31. The Bertz CT molecular complexity index is 581. The highest BCUT2D eigenvalue weighted by Crippen LogP contribution is 2.23. The quantitative estimate of drug-likeness (QED) is 0.883. The third-order valence-corrected chi connectivity index (χ3v) is 2.82. The van der Waals surface area contributed by atoms with E-state index in [0.29, 0.717) is 24.0 Å². The Morgan fingerprint density at radius 1 is 1.47 bits per heavy atom. The highest BCUT2D eigenvalue weighted by Gasteiger charge is 2.21. The second-order valence-electron chi connectivity index (χ2n) is 4.58. The molecular weight excluding hydrogens is 249 g/mol. The fourth-order valence-electron chi connectivity index (χ4n) is 1.68. The lowest BCUT2D eigenvalue weighted by Gasteiger charge is -2.08. The van der Waals surface area contributed by atoms with Crippen molar-refractivity contribution in [2.24, 2.45) is 7.05 Å². The molecule has 3 rings (SSSR count). The van der Waals surface area contributed by atoms with Gasteiger partial charge in [0.2, 0.25) is 5.88 Å². The van der Waals surface area contributed by atoms with Crippen molar-refractivity contribution in [1.29, 1.82) is 0 Å². The normalized spacial score (nSPS) is 14.6. The molecule has 2 aromatic heterocycles. The Morgan fingerprint density at radius 3 is 3.00 bits per heavy atom. The summed E-state index contributed by atoms with van der Waals surface area (Å²) >= 11 is 0. The van der Waals surface area contributed by atoms with Gasteiger partial charge in [-0.25, -0.2) is 9.37 Å². The predicted molar refractivity (Wildman–Crippen MR) is 65.1 cm³/mol. The van der Waals surface area contributed by atoms with E-state index in [2.05, 4.69) is 20.4 Å². The number of nitrogens with one attached hydrogen (secondary N) is 1. The van der Waals surface area contributed by atoms with E-state index in [9.17, 15) is 4.39 Å². The number of rotatable bonds is 5. The molecule has 0 unspecified atom stereocenters. The monoisotopic (exact) mass is 263 g/mol. The van der Waals surface area contributed by atoms with E-state index in [4.69, 9.17) is 4.74 Å². The highest BCUT2D eigenvalue weighted by molar-refractivity contribution is 5.28. The van der Waals surface area contributed by atoms with Gasteiger partial charge in [0.15, 0.2) is 0 Å². The van der Waals surface area contributed by atoms with Crippen molar-refractivity contribution in [1.82, 2.24) is 25.1 Å². The van der Waals surface area contributed by atoms with Gasteiger partial charge in [0, 0.05) is 25.2 Å². The highest BCUT2D eigenvalue weighted by atomic mass is 19.1. The lowest BCUT2D eigenvalue weighted by atomic mass is 10.2. The van der Waals surface area contributed by atoms with Crippen LogP contribution in [0, 0.1) is 5.82 Å². The van der Waals surface area contributed by atoms with E-state index in [-0.39, 0.29) is 11.8 Å². The first-order valence-electron chi connectivity index (χ1n) is 6.12. The van der Waals surface area contributed by atoms with Crippen LogP contribution in [0.1, 0.15) is 18.4 Å². The van der Waals surface area contributed by atoms with Crippen molar-refractivity contribution in [3.63, 3.8) is 0 Å². The van der Waals surface area contributed by atoms with Gasteiger partial charge in [-0.05, 0) is 18.9 Å². The summed E-state index contributed by atoms with van der Waals surface area (Å²) in [6.07, 6.45) is 4.99. The number of aromatic nitrogens is 4. The summed E-state index contributed by atoms with van der Waals surface area (Å²) in [5.74, 6) is -0.0466. The lowest BCUT2D eigenvalue weighted by Crippen LogP contribution is -2.16. The summed E-state index contributed by atoms with van der Waals surface area (Å²) in [7, 11) is 1.74. The number of nitrogens with zero attached hydrogens (tertiary/aromatic N) is 4. The molecule has 0 saturated heterocycles. The zero-order valence-corrected chi connectivity index (χ0v) is 10.5. The van der Waals surface area contributed by atoms with Crippen molar-refractivity contribution in [3.8, 4) is 11.9 Å². The Labute approximate surface area is 109 Å². The van der Waals surface area contributed by atoms with E-state index in [1.165, 1.54) is 29.9 Å². The van der Waals surface area contributed by atoms with Crippen LogP contribution in [0.3, 0.4) is 0 Å². The molecule has 0 radical (unpaired) electrons. The maximum absolute atomic E-state index is 13.2. The molecule has 2 heterocycles. The smallest absolute Gasteiger partial charge is 0.342 e. The van der Waals surface area contributed by atoms with Crippen LogP contribution in [0.2, 0.25) is 0 Å². The maximum Gasteiger partial charge on any atom is 0.342 e. The van der Waals surface area contributed by atoms with E-state index < -0.39 is 0 Å². The fraction of sp³-hybridized carbons (Fsp3) is 0.417. The minimum Gasteiger partial charge on any atom is -0.404 e. The van der Waals surface area contributed by atoms with Gasteiger partial charge in [0.1, 0.15) is 12.1 Å². The number of hydrogen-bond acceptors (Lipinski definition) is 5. The molecule has 7 heteroatoms. The van der Waals surface area contributed by atoms with Crippen LogP contribution < -0.4 is 10.1 Å². The van der Waals surface area contributed by atoms with Crippen LogP contribution in [0.5, 0.6) is 11.9 Å². The largest absolute Gasteiger partial charge is 0.404 e. The SMILES string of the molecule is Cn1cnc(Oc2ncc(F)cc2CNC2CC2)n1. The van der Waals surface area contributed by atoms with Gasteiger partial charge in [0.25, 0.3) is 0 Å². The molecule has 0 aromatic carbocycles. The molecule has 1 aliphatic carbocycles. The molecule has 0 spiro atoms. The molecule has 1 saturated carbocycles. The van der Waals surface area contributed by atoms with Gasteiger partial charge >= 0.3 is 6.01 Å². The Kier molecular flexibility index (Phi) is 3.12. The molecule has 1 aliphatic rings. The molecule has 0 atom stereocenters. The topological polar surface area (TPSA) is 64.9 Å². The van der Waals surface area contributed by atoms with Gasteiger partial charge in [-0.2, -0.15) is 4.98 Å². The van der Waals surface area contributed by atoms with Gasteiger partial charge in [-0.1, -0.05) is 0 Å². The lowest BCUT2D eigenvalue weighted by molar-refractivity contribution is 0.412. The second-order valence-corrected chi connectivity index (χ2v) is 4.58. The molecule has 1 fully saturated rings. The molecule has 19 heavy (non-hydrogen) atoms.